The fourth-order valence-corrected chi connectivity index (χ4v) is 4.46. The number of rotatable bonds is 3. The van der Waals surface area contributed by atoms with E-state index in [1.807, 2.05) is 18.2 Å². The second kappa shape index (κ2) is 6.36. The summed E-state index contributed by atoms with van der Waals surface area (Å²) in [6.07, 6.45) is 6.48. The highest BCUT2D eigenvalue weighted by Crippen LogP contribution is 2.40. The van der Waals surface area contributed by atoms with E-state index in [0.717, 1.165) is 26.5 Å². The predicted octanol–water partition coefficient (Wildman–Crippen LogP) is 5.21. The molecule has 5 heteroatoms. The molecule has 0 saturated heterocycles. The van der Waals surface area contributed by atoms with Crippen molar-refractivity contribution in [1.82, 2.24) is 4.98 Å². The van der Waals surface area contributed by atoms with Crippen LogP contribution in [0.15, 0.2) is 22.7 Å². The van der Waals surface area contributed by atoms with Crippen LogP contribution in [0.5, 0.6) is 5.75 Å². The van der Waals surface area contributed by atoms with Crippen LogP contribution in [0.25, 0.3) is 11.3 Å². The van der Waals surface area contributed by atoms with Gasteiger partial charge in [0.25, 0.3) is 0 Å². The minimum Gasteiger partial charge on any atom is -0.496 e. The van der Waals surface area contributed by atoms with Gasteiger partial charge in [0.05, 0.1) is 16.6 Å². The topological polar surface area (TPSA) is 48.1 Å². The standard InChI is InChI=1S/C16H19BrN2OS/c1-20-13-8-7-11(9-12(13)17)14-15(18)21-16(19-14)10-5-3-2-4-6-10/h7-10H,2-6,18H2,1H3. The number of nitrogen functional groups attached to an aromatic ring is 1. The Bertz CT molecular complexity index is 635. The van der Waals surface area contributed by atoms with Gasteiger partial charge in [-0.1, -0.05) is 19.3 Å². The van der Waals surface area contributed by atoms with E-state index in [1.165, 1.54) is 37.1 Å². The van der Waals surface area contributed by atoms with Crippen LogP contribution in [0.1, 0.15) is 43.0 Å². The van der Waals surface area contributed by atoms with E-state index in [-0.39, 0.29) is 0 Å². The lowest BCUT2D eigenvalue weighted by Crippen LogP contribution is -2.03. The van der Waals surface area contributed by atoms with E-state index in [1.54, 1.807) is 18.4 Å². The third kappa shape index (κ3) is 3.09. The summed E-state index contributed by atoms with van der Waals surface area (Å²) < 4.78 is 6.20. The SMILES string of the molecule is COc1ccc(-c2nc(C3CCCCC3)sc2N)cc1Br. The maximum Gasteiger partial charge on any atom is 0.133 e. The quantitative estimate of drug-likeness (QED) is 0.810. The van der Waals surface area contributed by atoms with Crippen molar-refractivity contribution in [2.75, 3.05) is 12.8 Å². The molecule has 3 nitrogen and oxygen atoms in total. The van der Waals surface area contributed by atoms with Gasteiger partial charge in [0.15, 0.2) is 0 Å². The predicted molar refractivity (Wildman–Crippen MR) is 92.0 cm³/mol. The first kappa shape index (κ1) is 14.9. The Hall–Kier alpha value is -1.07. The first-order valence-electron chi connectivity index (χ1n) is 7.29. The average Bonchev–Trinajstić information content (AvgIpc) is 2.90. The summed E-state index contributed by atoms with van der Waals surface area (Å²) in [5.41, 5.74) is 8.16. The Balaban J connectivity index is 1.91. The molecular formula is C16H19BrN2OS. The third-order valence-corrected chi connectivity index (χ3v) is 5.72. The zero-order valence-corrected chi connectivity index (χ0v) is 14.5. The van der Waals surface area contributed by atoms with E-state index in [9.17, 15) is 0 Å². The second-order valence-electron chi connectivity index (χ2n) is 5.45. The van der Waals surface area contributed by atoms with Gasteiger partial charge in [0, 0.05) is 11.5 Å². The first-order chi connectivity index (χ1) is 10.2. The molecule has 0 bridgehead atoms. The Morgan fingerprint density at radius 2 is 2.05 bits per heavy atom. The number of ether oxygens (including phenoxy) is 1. The molecule has 1 aliphatic rings. The number of thiazole rings is 1. The molecule has 1 saturated carbocycles. The Morgan fingerprint density at radius 1 is 1.29 bits per heavy atom. The summed E-state index contributed by atoms with van der Waals surface area (Å²) in [5, 5.41) is 2.02. The number of aromatic nitrogens is 1. The summed E-state index contributed by atoms with van der Waals surface area (Å²) in [7, 11) is 1.66. The van der Waals surface area contributed by atoms with E-state index < -0.39 is 0 Å². The molecule has 21 heavy (non-hydrogen) atoms. The summed E-state index contributed by atoms with van der Waals surface area (Å²) in [4.78, 5) is 4.83. The highest BCUT2D eigenvalue weighted by atomic mass is 79.9. The number of anilines is 1. The number of nitrogens with zero attached hydrogens (tertiary/aromatic N) is 1. The molecule has 112 valence electrons. The average molecular weight is 367 g/mol. The molecule has 3 rings (SSSR count). The van der Waals surface area contributed by atoms with Crippen molar-refractivity contribution < 1.29 is 4.74 Å². The fraction of sp³-hybridized carbons (Fsp3) is 0.438. The van der Waals surface area contributed by atoms with Crippen LogP contribution in [0.4, 0.5) is 5.00 Å². The van der Waals surface area contributed by atoms with Crippen LogP contribution in [-0.2, 0) is 0 Å². The molecule has 0 aliphatic heterocycles. The van der Waals surface area contributed by atoms with Crippen molar-refractivity contribution in [3.05, 3.63) is 27.7 Å². The van der Waals surface area contributed by atoms with Gasteiger partial charge >= 0.3 is 0 Å². The molecule has 2 aromatic rings. The highest BCUT2D eigenvalue weighted by molar-refractivity contribution is 9.10. The Morgan fingerprint density at radius 3 is 2.71 bits per heavy atom. The van der Waals surface area contributed by atoms with Crippen LogP contribution in [0.3, 0.4) is 0 Å². The number of hydrogen-bond acceptors (Lipinski definition) is 4. The van der Waals surface area contributed by atoms with Crippen molar-refractivity contribution in [2.24, 2.45) is 0 Å². The van der Waals surface area contributed by atoms with Crippen molar-refractivity contribution in [2.45, 2.75) is 38.0 Å². The lowest BCUT2D eigenvalue weighted by molar-refractivity contribution is 0.412. The maximum atomic E-state index is 6.21. The lowest BCUT2D eigenvalue weighted by atomic mass is 9.90. The maximum absolute atomic E-state index is 6.21. The number of nitrogens with two attached hydrogens (primary N) is 1. The van der Waals surface area contributed by atoms with Gasteiger partial charge in [-0.25, -0.2) is 4.98 Å². The zero-order chi connectivity index (χ0) is 14.8. The van der Waals surface area contributed by atoms with Gasteiger partial charge in [0.2, 0.25) is 0 Å². The van der Waals surface area contributed by atoms with Crippen LogP contribution >= 0.6 is 27.3 Å². The van der Waals surface area contributed by atoms with Crippen molar-refractivity contribution >= 4 is 32.3 Å². The van der Waals surface area contributed by atoms with E-state index in [2.05, 4.69) is 15.9 Å². The van der Waals surface area contributed by atoms with Crippen LogP contribution in [0, 0.1) is 0 Å². The normalized spacial score (nSPS) is 16.1. The number of hydrogen-bond donors (Lipinski definition) is 1. The molecule has 1 fully saturated rings. The van der Waals surface area contributed by atoms with E-state index >= 15 is 0 Å². The minimum absolute atomic E-state index is 0.599. The molecule has 1 heterocycles. The van der Waals surface area contributed by atoms with E-state index in [4.69, 9.17) is 15.5 Å². The summed E-state index contributed by atoms with van der Waals surface area (Å²) in [6, 6.07) is 5.98. The summed E-state index contributed by atoms with van der Waals surface area (Å²) in [5.74, 6) is 1.42. The van der Waals surface area contributed by atoms with Crippen LogP contribution < -0.4 is 10.5 Å². The number of benzene rings is 1. The largest absolute Gasteiger partial charge is 0.496 e. The fourth-order valence-electron chi connectivity index (χ4n) is 2.89. The third-order valence-electron chi connectivity index (χ3n) is 4.05. The molecule has 0 spiro atoms. The van der Waals surface area contributed by atoms with E-state index in [0.29, 0.717) is 5.92 Å². The van der Waals surface area contributed by atoms with Crippen molar-refractivity contribution in [3.8, 4) is 17.0 Å². The molecule has 2 N–H and O–H groups in total. The van der Waals surface area contributed by atoms with Gasteiger partial charge in [-0.15, -0.1) is 11.3 Å². The smallest absolute Gasteiger partial charge is 0.133 e. The highest BCUT2D eigenvalue weighted by Gasteiger charge is 2.21. The monoisotopic (exact) mass is 366 g/mol. The minimum atomic E-state index is 0.599. The summed E-state index contributed by atoms with van der Waals surface area (Å²) >= 11 is 5.17. The van der Waals surface area contributed by atoms with Crippen LogP contribution in [-0.4, -0.2) is 12.1 Å². The summed E-state index contributed by atoms with van der Waals surface area (Å²) in [6.45, 7) is 0. The van der Waals surface area contributed by atoms with Crippen molar-refractivity contribution in [3.63, 3.8) is 0 Å². The molecule has 0 amide bonds. The Kier molecular flexibility index (Phi) is 4.50. The lowest BCUT2D eigenvalue weighted by Gasteiger charge is -2.18. The number of halogens is 1. The van der Waals surface area contributed by atoms with Crippen molar-refractivity contribution in [1.29, 1.82) is 0 Å². The molecule has 0 atom stereocenters. The number of methoxy groups -OCH3 is 1. The molecule has 1 aliphatic carbocycles. The van der Waals surface area contributed by atoms with Gasteiger partial charge in [-0.2, -0.15) is 0 Å². The van der Waals surface area contributed by atoms with Gasteiger partial charge in [-0.3, -0.25) is 0 Å². The van der Waals surface area contributed by atoms with Gasteiger partial charge in [-0.05, 0) is 47.0 Å². The van der Waals surface area contributed by atoms with Gasteiger partial charge < -0.3 is 10.5 Å². The molecule has 0 unspecified atom stereocenters. The molecule has 1 aromatic carbocycles. The molecule has 0 radical (unpaired) electrons. The Labute approximate surface area is 137 Å². The van der Waals surface area contributed by atoms with Crippen LogP contribution in [0.2, 0.25) is 0 Å². The van der Waals surface area contributed by atoms with Gasteiger partial charge in [0.1, 0.15) is 16.4 Å². The second-order valence-corrected chi connectivity index (χ2v) is 7.37. The first-order valence-corrected chi connectivity index (χ1v) is 8.90. The zero-order valence-electron chi connectivity index (χ0n) is 12.1. The molecule has 1 aromatic heterocycles. The molecular weight excluding hydrogens is 348 g/mol.